The van der Waals surface area contributed by atoms with Gasteiger partial charge in [0.15, 0.2) is 0 Å². The molecule has 0 fully saturated rings. The molecule has 0 aromatic carbocycles. The standard InChI is InChI=1S/C4H4BrN2/c5-4-1-2-6-7-3-4/h1-3,6H. The summed E-state index contributed by atoms with van der Waals surface area (Å²) in [4.78, 5) is 0. The number of hydrogen-bond acceptors (Lipinski definition) is 1. The number of hydrogen-bond donors (Lipinski definition) is 1. The van der Waals surface area contributed by atoms with Crippen molar-refractivity contribution in [2.75, 3.05) is 0 Å². The number of allylic oxidation sites excluding steroid dienone is 2. The third-order valence-corrected chi connectivity index (χ3v) is 1.05. The second-order valence-electron chi connectivity index (χ2n) is 1.11. The lowest BCUT2D eigenvalue weighted by molar-refractivity contribution is 0.749. The molecule has 0 aromatic rings. The van der Waals surface area contributed by atoms with Gasteiger partial charge in [0, 0.05) is 10.7 Å². The van der Waals surface area contributed by atoms with E-state index in [1.165, 1.54) is 0 Å². The normalized spacial score (nSPS) is 17.0. The molecule has 0 amide bonds. The molecule has 1 aliphatic rings. The van der Waals surface area contributed by atoms with E-state index in [1.54, 1.807) is 12.4 Å². The van der Waals surface area contributed by atoms with Crippen LogP contribution in [0, 0.1) is 0 Å². The van der Waals surface area contributed by atoms with Crippen LogP contribution in [-0.2, 0) is 0 Å². The second kappa shape index (κ2) is 2.02. The molecule has 1 N–H and O–H groups in total. The molecule has 0 saturated carbocycles. The maximum absolute atomic E-state index is 3.71. The summed E-state index contributed by atoms with van der Waals surface area (Å²) in [5.74, 6) is 0. The molecule has 0 aliphatic carbocycles. The van der Waals surface area contributed by atoms with Crippen molar-refractivity contribution in [3.63, 3.8) is 0 Å². The fraction of sp³-hybridized carbons (Fsp3) is 0. The Bertz CT molecular complexity index is 117. The first-order valence-corrected chi connectivity index (χ1v) is 2.66. The van der Waals surface area contributed by atoms with Crippen LogP contribution in [0.4, 0.5) is 0 Å². The van der Waals surface area contributed by atoms with Crippen LogP contribution in [0.15, 0.2) is 23.0 Å². The first-order valence-electron chi connectivity index (χ1n) is 1.87. The van der Waals surface area contributed by atoms with Gasteiger partial charge in [0.1, 0.15) is 0 Å². The summed E-state index contributed by atoms with van der Waals surface area (Å²) in [7, 11) is 0. The molecular formula is C4H4BrN2. The molecule has 7 heavy (non-hydrogen) atoms. The summed E-state index contributed by atoms with van der Waals surface area (Å²) < 4.78 is 0.992. The second-order valence-corrected chi connectivity index (χ2v) is 2.02. The van der Waals surface area contributed by atoms with Crippen LogP contribution in [0.1, 0.15) is 0 Å². The van der Waals surface area contributed by atoms with Gasteiger partial charge in [0.25, 0.3) is 0 Å². The molecule has 0 unspecified atom stereocenters. The summed E-state index contributed by atoms with van der Waals surface area (Å²) >= 11 is 3.23. The van der Waals surface area contributed by atoms with Crippen LogP contribution in [0.3, 0.4) is 0 Å². The van der Waals surface area contributed by atoms with E-state index >= 15 is 0 Å². The Morgan fingerprint density at radius 3 is 2.86 bits per heavy atom. The number of nitrogens with zero attached hydrogens (tertiary/aromatic N) is 1. The molecule has 1 radical (unpaired) electrons. The first-order chi connectivity index (χ1) is 3.39. The SMILES string of the molecule is BrC1=C[N]NC=C1. The first kappa shape index (κ1) is 4.71. The zero-order valence-corrected chi connectivity index (χ0v) is 5.14. The molecule has 0 bridgehead atoms. The number of rotatable bonds is 0. The lowest BCUT2D eigenvalue weighted by Crippen LogP contribution is -2.14. The quantitative estimate of drug-likeness (QED) is 0.558. The van der Waals surface area contributed by atoms with Gasteiger partial charge in [-0.2, -0.15) is 5.43 Å². The highest BCUT2D eigenvalue weighted by Gasteiger charge is 1.86. The summed E-state index contributed by atoms with van der Waals surface area (Å²) in [5, 5.41) is 0. The van der Waals surface area contributed by atoms with Crippen molar-refractivity contribution in [1.82, 2.24) is 10.9 Å². The molecule has 0 atom stereocenters. The van der Waals surface area contributed by atoms with Crippen molar-refractivity contribution >= 4 is 15.9 Å². The molecule has 2 nitrogen and oxygen atoms in total. The zero-order chi connectivity index (χ0) is 5.11. The van der Waals surface area contributed by atoms with Gasteiger partial charge in [-0.05, 0) is 22.0 Å². The Balaban J connectivity index is 2.58. The summed E-state index contributed by atoms with van der Waals surface area (Å²) in [6, 6.07) is 0. The Hall–Kier alpha value is -0.440. The minimum Gasteiger partial charge on any atom is -0.286 e. The molecular weight excluding hydrogens is 156 g/mol. The van der Waals surface area contributed by atoms with Crippen molar-refractivity contribution in [3.05, 3.63) is 23.0 Å². The average molecular weight is 160 g/mol. The zero-order valence-electron chi connectivity index (χ0n) is 3.56. The van der Waals surface area contributed by atoms with Crippen molar-refractivity contribution in [2.45, 2.75) is 0 Å². The Kier molecular flexibility index (Phi) is 1.36. The molecule has 0 saturated heterocycles. The highest BCUT2D eigenvalue weighted by atomic mass is 79.9. The van der Waals surface area contributed by atoms with Gasteiger partial charge in [-0.25, -0.2) is 0 Å². The van der Waals surface area contributed by atoms with Crippen LogP contribution in [0.5, 0.6) is 0 Å². The van der Waals surface area contributed by atoms with E-state index in [1.807, 2.05) is 6.08 Å². The largest absolute Gasteiger partial charge is 0.286 e. The van der Waals surface area contributed by atoms with E-state index in [2.05, 4.69) is 26.8 Å². The van der Waals surface area contributed by atoms with Gasteiger partial charge >= 0.3 is 0 Å². The predicted molar refractivity (Wildman–Crippen MR) is 31.4 cm³/mol. The summed E-state index contributed by atoms with van der Waals surface area (Å²) in [6.07, 6.45) is 5.33. The monoisotopic (exact) mass is 159 g/mol. The van der Waals surface area contributed by atoms with Crippen molar-refractivity contribution in [3.8, 4) is 0 Å². The lowest BCUT2D eigenvalue weighted by Gasteiger charge is -1.99. The van der Waals surface area contributed by atoms with Gasteiger partial charge in [-0.1, -0.05) is 0 Å². The fourth-order valence-electron chi connectivity index (χ4n) is 0.302. The van der Waals surface area contributed by atoms with Crippen LogP contribution in [0.25, 0.3) is 0 Å². The Morgan fingerprint density at radius 1 is 1.71 bits per heavy atom. The van der Waals surface area contributed by atoms with Crippen LogP contribution < -0.4 is 10.9 Å². The van der Waals surface area contributed by atoms with Gasteiger partial charge in [-0.15, -0.1) is 0 Å². The van der Waals surface area contributed by atoms with E-state index < -0.39 is 0 Å². The maximum atomic E-state index is 3.71. The highest BCUT2D eigenvalue weighted by molar-refractivity contribution is 9.11. The van der Waals surface area contributed by atoms with Gasteiger partial charge in [-0.3, -0.25) is 5.43 Å². The van der Waals surface area contributed by atoms with Crippen molar-refractivity contribution in [1.29, 1.82) is 0 Å². The van der Waals surface area contributed by atoms with Crippen LogP contribution in [0.2, 0.25) is 0 Å². The highest BCUT2D eigenvalue weighted by Crippen LogP contribution is 2.05. The van der Waals surface area contributed by atoms with Crippen LogP contribution >= 0.6 is 15.9 Å². The molecule has 1 heterocycles. The number of nitrogens with one attached hydrogen (secondary N) is 1. The molecule has 1 rings (SSSR count). The predicted octanol–water partition coefficient (Wildman–Crippen LogP) is 0.859. The van der Waals surface area contributed by atoms with Gasteiger partial charge in [0.05, 0.1) is 6.20 Å². The Morgan fingerprint density at radius 2 is 2.57 bits per heavy atom. The van der Waals surface area contributed by atoms with E-state index in [4.69, 9.17) is 0 Å². The van der Waals surface area contributed by atoms with E-state index in [-0.39, 0.29) is 0 Å². The van der Waals surface area contributed by atoms with E-state index in [9.17, 15) is 0 Å². The minimum atomic E-state index is 0.992. The minimum absolute atomic E-state index is 0.992. The molecule has 37 valence electrons. The third kappa shape index (κ3) is 1.23. The molecule has 0 aromatic heterocycles. The summed E-state index contributed by atoms with van der Waals surface area (Å²) in [5.41, 5.74) is 6.37. The smallest absolute Gasteiger partial charge is 0.0614 e. The van der Waals surface area contributed by atoms with Crippen molar-refractivity contribution in [2.24, 2.45) is 0 Å². The van der Waals surface area contributed by atoms with Crippen LogP contribution in [-0.4, -0.2) is 0 Å². The topological polar surface area (TPSA) is 26.1 Å². The molecule has 0 spiro atoms. The average Bonchev–Trinajstić information content (AvgIpc) is 1.69. The maximum Gasteiger partial charge on any atom is 0.0614 e. The Labute approximate surface area is 50.4 Å². The van der Waals surface area contributed by atoms with E-state index in [0.29, 0.717) is 0 Å². The fourth-order valence-corrected chi connectivity index (χ4v) is 0.536. The molecule has 1 aliphatic heterocycles. The van der Waals surface area contributed by atoms with Gasteiger partial charge < -0.3 is 0 Å². The molecule has 3 heteroatoms. The third-order valence-electron chi connectivity index (χ3n) is 0.580. The van der Waals surface area contributed by atoms with E-state index in [0.717, 1.165) is 4.48 Å². The summed E-state index contributed by atoms with van der Waals surface area (Å²) in [6.45, 7) is 0. The number of halogens is 1. The van der Waals surface area contributed by atoms with Crippen molar-refractivity contribution < 1.29 is 0 Å². The lowest BCUT2D eigenvalue weighted by atomic mass is 10.5. The van der Waals surface area contributed by atoms with Gasteiger partial charge in [0.2, 0.25) is 0 Å².